The number of aromatic amines is 1. The van der Waals surface area contributed by atoms with Gasteiger partial charge in [0.1, 0.15) is 5.82 Å². The fourth-order valence-electron chi connectivity index (χ4n) is 4.21. The molecule has 2 aliphatic heterocycles. The van der Waals surface area contributed by atoms with E-state index in [0.717, 1.165) is 37.1 Å². The van der Waals surface area contributed by atoms with Gasteiger partial charge in [0.2, 0.25) is 17.8 Å². The number of anilines is 3. The lowest BCUT2D eigenvalue weighted by molar-refractivity contribution is -0.123. The van der Waals surface area contributed by atoms with Gasteiger partial charge >= 0.3 is 0 Å². The van der Waals surface area contributed by atoms with E-state index in [-0.39, 0.29) is 35.2 Å². The molecule has 3 heterocycles. The maximum atomic E-state index is 13.0. The zero-order valence-electron chi connectivity index (χ0n) is 17.5. The number of fused-ring (bicyclic) bond motifs is 1. The smallest absolute Gasteiger partial charge is 0.258 e. The molecule has 4 rings (SSSR count). The standard InChI is InChI=1S/C22H27N5O3/c1-12-6-7-14(3)16(9-12)23-20(29)15-10-17(28)24-19-18(15)21(30)26-22(25-19)27-8-4-5-13(2)11-27/h6-7,9,13,15H,4-5,8,10-11H2,1-3H3,(H,23,29)(H2,24,25,26,28,30)/t13-,15-/m1/s1. The first-order valence-electron chi connectivity index (χ1n) is 10.4. The van der Waals surface area contributed by atoms with Crippen molar-refractivity contribution in [1.82, 2.24) is 9.97 Å². The van der Waals surface area contributed by atoms with E-state index in [1.807, 2.05) is 36.9 Å². The van der Waals surface area contributed by atoms with Gasteiger partial charge in [0.05, 0.1) is 11.5 Å². The number of hydrogen-bond acceptors (Lipinski definition) is 5. The fraction of sp³-hybridized carbons (Fsp3) is 0.455. The molecule has 158 valence electrons. The summed E-state index contributed by atoms with van der Waals surface area (Å²) in [5.41, 5.74) is 2.44. The van der Waals surface area contributed by atoms with Crippen molar-refractivity contribution in [2.24, 2.45) is 5.92 Å². The van der Waals surface area contributed by atoms with Crippen LogP contribution in [0.3, 0.4) is 0 Å². The number of carbonyl (C=O) groups excluding carboxylic acids is 2. The first kappa shape index (κ1) is 20.1. The first-order valence-corrected chi connectivity index (χ1v) is 10.4. The molecule has 8 nitrogen and oxygen atoms in total. The molecule has 0 saturated carbocycles. The Labute approximate surface area is 175 Å². The Morgan fingerprint density at radius 2 is 2.07 bits per heavy atom. The number of nitrogens with one attached hydrogen (secondary N) is 3. The highest BCUT2D eigenvalue weighted by atomic mass is 16.2. The van der Waals surface area contributed by atoms with Gasteiger partial charge in [0.25, 0.3) is 5.56 Å². The second kappa shape index (κ2) is 7.93. The Bertz CT molecular complexity index is 1060. The van der Waals surface area contributed by atoms with Gasteiger partial charge in [0.15, 0.2) is 0 Å². The Kier molecular flexibility index (Phi) is 5.32. The quantitative estimate of drug-likeness (QED) is 0.723. The predicted molar refractivity (Wildman–Crippen MR) is 116 cm³/mol. The zero-order chi connectivity index (χ0) is 21.4. The summed E-state index contributed by atoms with van der Waals surface area (Å²) in [6, 6.07) is 5.76. The van der Waals surface area contributed by atoms with Crippen molar-refractivity contribution in [2.45, 2.75) is 46.0 Å². The Morgan fingerprint density at radius 1 is 1.27 bits per heavy atom. The highest BCUT2D eigenvalue weighted by Gasteiger charge is 2.35. The third-order valence-electron chi connectivity index (χ3n) is 5.86. The topological polar surface area (TPSA) is 107 Å². The van der Waals surface area contributed by atoms with Crippen LogP contribution in [0.15, 0.2) is 23.0 Å². The number of aryl methyl sites for hydroxylation is 2. The maximum absolute atomic E-state index is 13.0. The van der Waals surface area contributed by atoms with Crippen LogP contribution in [0.4, 0.5) is 17.5 Å². The largest absolute Gasteiger partial charge is 0.342 e. The van der Waals surface area contributed by atoms with Crippen LogP contribution in [0.5, 0.6) is 0 Å². The molecule has 1 aromatic carbocycles. The summed E-state index contributed by atoms with van der Waals surface area (Å²) in [6.45, 7) is 7.60. The van der Waals surface area contributed by atoms with Crippen LogP contribution >= 0.6 is 0 Å². The van der Waals surface area contributed by atoms with Gasteiger partial charge in [-0.25, -0.2) is 0 Å². The minimum atomic E-state index is -0.890. The molecule has 1 aromatic heterocycles. The Morgan fingerprint density at radius 3 is 2.83 bits per heavy atom. The van der Waals surface area contributed by atoms with Gasteiger partial charge in [-0.05, 0) is 49.8 Å². The molecule has 0 radical (unpaired) electrons. The molecule has 0 spiro atoms. The second-order valence-electron chi connectivity index (χ2n) is 8.46. The van der Waals surface area contributed by atoms with Gasteiger partial charge in [-0.3, -0.25) is 19.4 Å². The molecule has 1 saturated heterocycles. The molecular formula is C22H27N5O3. The average molecular weight is 409 g/mol. The normalized spacial score (nSPS) is 21.0. The van der Waals surface area contributed by atoms with E-state index in [9.17, 15) is 14.4 Å². The Hall–Kier alpha value is -3.16. The van der Waals surface area contributed by atoms with E-state index in [4.69, 9.17) is 0 Å². The summed E-state index contributed by atoms with van der Waals surface area (Å²) in [5, 5.41) is 5.57. The van der Waals surface area contributed by atoms with Crippen LogP contribution in [0, 0.1) is 19.8 Å². The SMILES string of the molecule is Cc1ccc(C)c(NC(=O)[C@@H]2CC(=O)Nc3nc(N4CCC[C@@H](C)C4)[nH]c(=O)c32)c1. The number of H-pyrrole nitrogens is 1. The van der Waals surface area contributed by atoms with Crippen molar-refractivity contribution in [3.05, 3.63) is 45.2 Å². The zero-order valence-corrected chi connectivity index (χ0v) is 17.5. The van der Waals surface area contributed by atoms with Gasteiger partial charge in [0, 0.05) is 25.2 Å². The summed E-state index contributed by atoms with van der Waals surface area (Å²) in [4.78, 5) is 47.7. The van der Waals surface area contributed by atoms with Crippen molar-refractivity contribution in [2.75, 3.05) is 28.6 Å². The van der Waals surface area contributed by atoms with Crippen molar-refractivity contribution in [1.29, 1.82) is 0 Å². The summed E-state index contributed by atoms with van der Waals surface area (Å²) in [5.74, 6) is -0.457. The molecule has 0 unspecified atom stereocenters. The van der Waals surface area contributed by atoms with E-state index in [1.165, 1.54) is 0 Å². The minimum Gasteiger partial charge on any atom is -0.342 e. The number of amides is 2. The predicted octanol–water partition coefficient (Wildman–Crippen LogP) is 2.69. The number of carbonyl (C=O) groups is 2. The third-order valence-corrected chi connectivity index (χ3v) is 5.86. The number of piperidine rings is 1. The molecule has 2 atom stereocenters. The van der Waals surface area contributed by atoms with E-state index in [2.05, 4.69) is 27.5 Å². The van der Waals surface area contributed by atoms with Gasteiger partial charge in [-0.2, -0.15) is 4.98 Å². The molecule has 2 aromatic rings. The van der Waals surface area contributed by atoms with E-state index < -0.39 is 5.92 Å². The van der Waals surface area contributed by atoms with Crippen LogP contribution in [0.1, 0.15) is 48.8 Å². The summed E-state index contributed by atoms with van der Waals surface area (Å²) in [7, 11) is 0. The number of rotatable bonds is 3. The fourth-order valence-corrected chi connectivity index (χ4v) is 4.21. The summed E-state index contributed by atoms with van der Waals surface area (Å²) < 4.78 is 0. The molecule has 0 aliphatic carbocycles. The van der Waals surface area contributed by atoms with Crippen LogP contribution < -0.4 is 21.1 Å². The van der Waals surface area contributed by atoms with Crippen molar-refractivity contribution < 1.29 is 9.59 Å². The van der Waals surface area contributed by atoms with Crippen LogP contribution in [-0.2, 0) is 9.59 Å². The highest BCUT2D eigenvalue weighted by Crippen LogP contribution is 2.31. The number of nitrogens with zero attached hydrogens (tertiary/aromatic N) is 2. The van der Waals surface area contributed by atoms with Crippen molar-refractivity contribution in [3.63, 3.8) is 0 Å². The molecule has 3 N–H and O–H groups in total. The Balaban J connectivity index is 1.66. The lowest BCUT2D eigenvalue weighted by Gasteiger charge is -2.32. The second-order valence-corrected chi connectivity index (χ2v) is 8.46. The maximum Gasteiger partial charge on any atom is 0.258 e. The summed E-state index contributed by atoms with van der Waals surface area (Å²) in [6.07, 6.45) is 2.08. The van der Waals surface area contributed by atoms with Crippen LogP contribution in [0.25, 0.3) is 0 Å². The lowest BCUT2D eigenvalue weighted by Crippen LogP contribution is -2.40. The number of aromatic nitrogens is 2. The molecular weight excluding hydrogens is 382 g/mol. The molecule has 1 fully saturated rings. The third kappa shape index (κ3) is 3.94. The number of benzene rings is 1. The van der Waals surface area contributed by atoms with Gasteiger partial charge in [-0.15, -0.1) is 0 Å². The van der Waals surface area contributed by atoms with Gasteiger partial charge < -0.3 is 15.5 Å². The average Bonchev–Trinajstić information content (AvgIpc) is 2.69. The van der Waals surface area contributed by atoms with E-state index >= 15 is 0 Å². The van der Waals surface area contributed by atoms with E-state index in [1.54, 1.807) is 0 Å². The minimum absolute atomic E-state index is 0.0887. The van der Waals surface area contributed by atoms with Crippen molar-refractivity contribution >= 4 is 29.3 Å². The molecule has 2 amide bonds. The van der Waals surface area contributed by atoms with Crippen LogP contribution in [0.2, 0.25) is 0 Å². The molecule has 2 aliphatic rings. The number of hydrogen-bond donors (Lipinski definition) is 3. The monoisotopic (exact) mass is 409 g/mol. The molecule has 0 bridgehead atoms. The van der Waals surface area contributed by atoms with E-state index in [0.29, 0.717) is 17.6 Å². The first-order chi connectivity index (χ1) is 14.3. The van der Waals surface area contributed by atoms with Gasteiger partial charge in [-0.1, -0.05) is 19.1 Å². The van der Waals surface area contributed by atoms with Crippen LogP contribution in [-0.4, -0.2) is 34.9 Å². The molecule has 30 heavy (non-hydrogen) atoms. The highest BCUT2D eigenvalue weighted by molar-refractivity contribution is 6.04. The van der Waals surface area contributed by atoms with Crippen molar-refractivity contribution in [3.8, 4) is 0 Å². The lowest BCUT2D eigenvalue weighted by atomic mass is 9.92. The molecule has 8 heteroatoms. The summed E-state index contributed by atoms with van der Waals surface area (Å²) >= 11 is 0.